The Kier molecular flexibility index (Phi) is 8.38. The van der Waals surface area contributed by atoms with E-state index in [1.54, 1.807) is 0 Å². The fraction of sp³-hybridized carbons (Fsp3) is 0.895. The SMILES string of the molecule is CN=C(NCCC1CCCN(C(=O)OC(C)(C)C)C1)NCC1CCCS1. The highest BCUT2D eigenvalue weighted by Gasteiger charge is 2.27. The summed E-state index contributed by atoms with van der Waals surface area (Å²) in [4.78, 5) is 18.4. The third kappa shape index (κ3) is 7.64. The lowest BCUT2D eigenvalue weighted by Crippen LogP contribution is -2.44. The molecule has 0 saturated carbocycles. The van der Waals surface area contributed by atoms with E-state index in [-0.39, 0.29) is 6.09 Å². The van der Waals surface area contributed by atoms with Gasteiger partial charge in [0.15, 0.2) is 5.96 Å². The molecule has 0 aromatic heterocycles. The second kappa shape index (κ2) is 10.3. The number of amides is 1. The van der Waals surface area contributed by atoms with E-state index in [1.165, 1.54) is 25.0 Å². The van der Waals surface area contributed by atoms with E-state index in [0.29, 0.717) is 11.2 Å². The van der Waals surface area contributed by atoms with Gasteiger partial charge in [0.05, 0.1) is 0 Å². The third-order valence-corrected chi connectivity index (χ3v) is 6.16. The molecular weight excluding hydrogens is 348 g/mol. The van der Waals surface area contributed by atoms with Crippen molar-refractivity contribution < 1.29 is 9.53 Å². The van der Waals surface area contributed by atoms with Crippen LogP contribution in [0.5, 0.6) is 0 Å². The molecule has 0 spiro atoms. The number of guanidine groups is 1. The zero-order chi connectivity index (χ0) is 19.0. The van der Waals surface area contributed by atoms with Crippen LogP contribution < -0.4 is 10.6 Å². The summed E-state index contributed by atoms with van der Waals surface area (Å²) >= 11 is 2.05. The van der Waals surface area contributed by atoms with E-state index in [1.807, 2.05) is 32.7 Å². The monoisotopic (exact) mass is 384 g/mol. The van der Waals surface area contributed by atoms with Crippen LogP contribution in [0.15, 0.2) is 4.99 Å². The predicted octanol–water partition coefficient (Wildman–Crippen LogP) is 3.08. The molecule has 2 aliphatic rings. The van der Waals surface area contributed by atoms with Gasteiger partial charge >= 0.3 is 6.09 Å². The maximum absolute atomic E-state index is 12.3. The molecule has 2 atom stereocenters. The van der Waals surface area contributed by atoms with Crippen LogP contribution in [0.3, 0.4) is 0 Å². The van der Waals surface area contributed by atoms with Gasteiger partial charge in [0, 0.05) is 38.5 Å². The van der Waals surface area contributed by atoms with Gasteiger partial charge in [0.2, 0.25) is 0 Å². The summed E-state index contributed by atoms with van der Waals surface area (Å²) < 4.78 is 5.51. The Morgan fingerprint density at radius 1 is 1.27 bits per heavy atom. The molecule has 0 aliphatic carbocycles. The van der Waals surface area contributed by atoms with Gasteiger partial charge in [-0.15, -0.1) is 0 Å². The number of thioether (sulfide) groups is 1. The number of hydrogen-bond acceptors (Lipinski definition) is 4. The first-order valence-corrected chi connectivity index (χ1v) is 11.0. The summed E-state index contributed by atoms with van der Waals surface area (Å²) in [5.74, 6) is 2.69. The molecule has 150 valence electrons. The summed E-state index contributed by atoms with van der Waals surface area (Å²) in [6.45, 7) is 9.21. The van der Waals surface area contributed by atoms with Crippen molar-refractivity contribution in [2.75, 3.05) is 39.0 Å². The number of hydrogen-bond donors (Lipinski definition) is 2. The number of piperidine rings is 1. The standard InChI is InChI=1S/C19H36N4O2S/c1-19(2,3)25-18(24)23-11-5-7-15(14-23)9-10-21-17(20-4)22-13-16-8-6-12-26-16/h15-16H,5-14H2,1-4H3,(H2,20,21,22). The summed E-state index contributed by atoms with van der Waals surface area (Å²) in [6, 6.07) is 0. The van der Waals surface area contributed by atoms with Crippen LogP contribution in [0, 0.1) is 5.92 Å². The normalized spacial score (nSPS) is 24.5. The Balaban J connectivity index is 1.66. The first-order chi connectivity index (χ1) is 12.4. The van der Waals surface area contributed by atoms with E-state index in [9.17, 15) is 4.79 Å². The van der Waals surface area contributed by atoms with Gasteiger partial charge < -0.3 is 20.3 Å². The third-order valence-electron chi connectivity index (χ3n) is 4.76. The molecule has 2 unspecified atom stereocenters. The summed E-state index contributed by atoms with van der Waals surface area (Å²) in [5, 5.41) is 7.57. The van der Waals surface area contributed by atoms with Gasteiger partial charge in [0.1, 0.15) is 5.60 Å². The molecule has 2 N–H and O–H groups in total. The van der Waals surface area contributed by atoms with Crippen LogP contribution in [0.4, 0.5) is 4.79 Å². The number of rotatable bonds is 5. The molecule has 2 aliphatic heterocycles. The number of nitrogens with zero attached hydrogens (tertiary/aromatic N) is 2. The van der Waals surface area contributed by atoms with Gasteiger partial charge in [-0.2, -0.15) is 11.8 Å². The number of carbonyl (C=O) groups excluding carboxylic acids is 1. The lowest BCUT2D eigenvalue weighted by atomic mass is 9.95. The van der Waals surface area contributed by atoms with Crippen molar-refractivity contribution in [2.24, 2.45) is 10.9 Å². The Labute approximate surface area is 162 Å². The number of nitrogens with one attached hydrogen (secondary N) is 2. The van der Waals surface area contributed by atoms with E-state index in [0.717, 1.165) is 45.0 Å². The van der Waals surface area contributed by atoms with E-state index in [4.69, 9.17) is 4.74 Å². The van der Waals surface area contributed by atoms with Crippen molar-refractivity contribution in [1.82, 2.24) is 15.5 Å². The second-order valence-electron chi connectivity index (χ2n) is 8.24. The fourth-order valence-electron chi connectivity index (χ4n) is 3.42. The molecule has 6 nitrogen and oxygen atoms in total. The maximum Gasteiger partial charge on any atom is 0.410 e. The van der Waals surface area contributed by atoms with Gasteiger partial charge in [-0.05, 0) is 64.5 Å². The zero-order valence-corrected chi connectivity index (χ0v) is 17.7. The topological polar surface area (TPSA) is 66.0 Å². The molecule has 2 saturated heterocycles. The van der Waals surface area contributed by atoms with E-state index < -0.39 is 5.60 Å². The number of ether oxygens (including phenoxy) is 1. The zero-order valence-electron chi connectivity index (χ0n) is 16.8. The van der Waals surface area contributed by atoms with Crippen LogP contribution in [0.25, 0.3) is 0 Å². The van der Waals surface area contributed by atoms with Crippen LogP contribution in [0.2, 0.25) is 0 Å². The predicted molar refractivity (Wildman–Crippen MR) is 110 cm³/mol. The minimum Gasteiger partial charge on any atom is -0.444 e. The van der Waals surface area contributed by atoms with Crippen molar-refractivity contribution in [1.29, 1.82) is 0 Å². The van der Waals surface area contributed by atoms with Crippen molar-refractivity contribution in [2.45, 2.75) is 63.7 Å². The summed E-state index contributed by atoms with van der Waals surface area (Å²) in [5.41, 5.74) is -0.429. The van der Waals surface area contributed by atoms with Crippen molar-refractivity contribution in [3.63, 3.8) is 0 Å². The fourth-order valence-corrected chi connectivity index (χ4v) is 4.63. The molecule has 26 heavy (non-hydrogen) atoms. The Morgan fingerprint density at radius 2 is 2.08 bits per heavy atom. The van der Waals surface area contributed by atoms with Gasteiger partial charge in [-0.25, -0.2) is 4.79 Å². The number of aliphatic imine (C=N–C) groups is 1. The molecule has 2 rings (SSSR count). The van der Waals surface area contributed by atoms with Gasteiger partial charge in [0.25, 0.3) is 0 Å². The van der Waals surface area contributed by atoms with Gasteiger partial charge in [-0.1, -0.05) is 0 Å². The number of likely N-dealkylation sites (tertiary alicyclic amines) is 1. The lowest BCUT2D eigenvalue weighted by molar-refractivity contribution is 0.0162. The Morgan fingerprint density at radius 3 is 2.73 bits per heavy atom. The highest BCUT2D eigenvalue weighted by atomic mass is 32.2. The van der Waals surface area contributed by atoms with Crippen LogP contribution >= 0.6 is 11.8 Å². The van der Waals surface area contributed by atoms with Crippen LogP contribution in [0.1, 0.15) is 52.9 Å². The first kappa shape index (κ1) is 21.2. The molecule has 2 fully saturated rings. The molecule has 1 amide bonds. The first-order valence-electron chi connectivity index (χ1n) is 9.91. The number of carbonyl (C=O) groups is 1. The summed E-state index contributed by atoms with van der Waals surface area (Å²) in [6.07, 6.45) is 5.72. The quantitative estimate of drug-likeness (QED) is 0.563. The molecule has 0 bridgehead atoms. The van der Waals surface area contributed by atoms with Crippen molar-refractivity contribution in [3.8, 4) is 0 Å². The van der Waals surface area contributed by atoms with Crippen LogP contribution in [-0.4, -0.2) is 66.8 Å². The summed E-state index contributed by atoms with van der Waals surface area (Å²) in [7, 11) is 1.82. The molecule has 0 aromatic rings. The molecular formula is C19H36N4O2S. The highest BCUT2D eigenvalue weighted by molar-refractivity contribution is 8.00. The minimum absolute atomic E-state index is 0.179. The largest absolute Gasteiger partial charge is 0.444 e. The van der Waals surface area contributed by atoms with Crippen molar-refractivity contribution >= 4 is 23.8 Å². The minimum atomic E-state index is -0.429. The second-order valence-corrected chi connectivity index (χ2v) is 9.65. The Bertz CT molecular complexity index is 473. The maximum atomic E-state index is 12.3. The van der Waals surface area contributed by atoms with E-state index in [2.05, 4.69) is 27.4 Å². The van der Waals surface area contributed by atoms with E-state index >= 15 is 0 Å². The van der Waals surface area contributed by atoms with Crippen LogP contribution in [-0.2, 0) is 4.74 Å². The highest BCUT2D eigenvalue weighted by Crippen LogP contribution is 2.25. The molecule has 7 heteroatoms. The average molecular weight is 385 g/mol. The van der Waals surface area contributed by atoms with Gasteiger partial charge in [-0.3, -0.25) is 4.99 Å². The lowest BCUT2D eigenvalue weighted by Gasteiger charge is -2.34. The molecule has 2 heterocycles. The smallest absolute Gasteiger partial charge is 0.410 e. The average Bonchev–Trinajstić information content (AvgIpc) is 3.10. The Hall–Kier alpha value is -1.11. The molecule has 0 aromatic carbocycles. The van der Waals surface area contributed by atoms with Crippen molar-refractivity contribution in [3.05, 3.63) is 0 Å². The molecule has 0 radical (unpaired) electrons.